The first kappa shape index (κ1) is 21.6. The molecule has 1 N–H and O–H groups in total. The molecule has 1 aromatic heterocycles. The minimum atomic E-state index is -0.662. The van der Waals surface area contributed by atoms with Crippen LogP contribution in [0.25, 0.3) is 10.9 Å². The van der Waals surface area contributed by atoms with Crippen molar-refractivity contribution < 1.29 is 23.9 Å². The monoisotopic (exact) mass is 424 g/mol. The topological polar surface area (TPSA) is 129 Å². The number of methoxy groups -OCH3 is 2. The highest BCUT2D eigenvalue weighted by Crippen LogP contribution is 2.20. The van der Waals surface area contributed by atoms with Gasteiger partial charge in [-0.15, -0.1) is 5.10 Å². The maximum atomic E-state index is 12.4. The molecule has 0 radical (unpaired) electrons. The van der Waals surface area contributed by atoms with Gasteiger partial charge in [-0.3, -0.25) is 9.59 Å². The number of amides is 1. The molecule has 0 bridgehead atoms. The van der Waals surface area contributed by atoms with Gasteiger partial charge in [0.15, 0.2) is 0 Å². The molecule has 0 saturated heterocycles. The van der Waals surface area contributed by atoms with Crippen LogP contribution in [-0.4, -0.2) is 47.1 Å². The number of benzene rings is 2. The van der Waals surface area contributed by atoms with Gasteiger partial charge in [-0.1, -0.05) is 17.3 Å². The number of hydrogen-bond donors (Lipinski definition) is 1. The van der Waals surface area contributed by atoms with Gasteiger partial charge in [-0.2, -0.15) is 0 Å². The van der Waals surface area contributed by atoms with Gasteiger partial charge in [-0.05, 0) is 36.8 Å². The van der Waals surface area contributed by atoms with Crippen molar-refractivity contribution in [1.29, 1.82) is 0 Å². The fourth-order valence-corrected chi connectivity index (χ4v) is 2.95. The van der Waals surface area contributed by atoms with Gasteiger partial charge in [-0.25, -0.2) is 14.3 Å². The van der Waals surface area contributed by atoms with Crippen LogP contribution in [0.4, 0.5) is 5.69 Å². The molecule has 0 aliphatic heterocycles. The first-order chi connectivity index (χ1) is 14.9. The smallest absolute Gasteiger partial charge is 0.339 e. The van der Waals surface area contributed by atoms with E-state index in [0.29, 0.717) is 17.3 Å². The number of esters is 2. The molecule has 3 aromatic rings. The summed E-state index contributed by atoms with van der Waals surface area (Å²) < 4.78 is 10.6. The Morgan fingerprint density at radius 2 is 1.77 bits per heavy atom. The Balaban J connectivity index is 1.69. The molecule has 1 amide bonds. The molecule has 10 heteroatoms. The van der Waals surface area contributed by atoms with E-state index < -0.39 is 17.8 Å². The maximum Gasteiger partial charge on any atom is 0.339 e. The number of ether oxygens (including phenoxy) is 2. The van der Waals surface area contributed by atoms with Crippen LogP contribution in [0.2, 0.25) is 0 Å². The molecular weight excluding hydrogens is 404 g/mol. The predicted molar refractivity (Wildman–Crippen MR) is 111 cm³/mol. The van der Waals surface area contributed by atoms with Crippen LogP contribution in [0.5, 0.6) is 0 Å². The largest absolute Gasteiger partial charge is 0.465 e. The van der Waals surface area contributed by atoms with E-state index in [1.807, 2.05) is 0 Å². The molecule has 2 aromatic carbocycles. The third-order valence-corrected chi connectivity index (χ3v) is 4.52. The molecule has 0 unspecified atom stereocenters. The first-order valence-corrected chi connectivity index (χ1v) is 9.37. The van der Waals surface area contributed by atoms with Crippen molar-refractivity contribution in [3.8, 4) is 0 Å². The van der Waals surface area contributed by atoms with E-state index in [2.05, 4.69) is 20.4 Å². The van der Waals surface area contributed by atoms with Crippen molar-refractivity contribution in [2.45, 2.75) is 19.4 Å². The molecule has 31 heavy (non-hydrogen) atoms. The highest BCUT2D eigenvalue weighted by atomic mass is 16.5. The van der Waals surface area contributed by atoms with E-state index in [1.54, 1.807) is 24.3 Å². The number of nitrogens with one attached hydrogen (secondary N) is 1. The Morgan fingerprint density at radius 1 is 1.03 bits per heavy atom. The van der Waals surface area contributed by atoms with E-state index in [1.165, 1.54) is 37.1 Å². The summed E-state index contributed by atoms with van der Waals surface area (Å²) in [6.07, 6.45) is 0.354. The third kappa shape index (κ3) is 4.92. The molecule has 0 aliphatic rings. The van der Waals surface area contributed by atoms with E-state index in [0.717, 1.165) is 0 Å². The Kier molecular flexibility index (Phi) is 6.71. The van der Waals surface area contributed by atoms with Crippen LogP contribution in [0.1, 0.15) is 33.6 Å². The summed E-state index contributed by atoms with van der Waals surface area (Å²) in [5, 5.41) is 10.9. The van der Waals surface area contributed by atoms with Crippen LogP contribution >= 0.6 is 0 Å². The summed E-state index contributed by atoms with van der Waals surface area (Å²) >= 11 is 0. The number of fused-ring (bicyclic) bond motifs is 1. The van der Waals surface area contributed by atoms with Gasteiger partial charge >= 0.3 is 11.9 Å². The van der Waals surface area contributed by atoms with Crippen LogP contribution in [0.3, 0.4) is 0 Å². The lowest BCUT2D eigenvalue weighted by Gasteiger charge is -2.11. The second-order valence-corrected chi connectivity index (χ2v) is 6.53. The van der Waals surface area contributed by atoms with E-state index in [9.17, 15) is 19.2 Å². The number of rotatable bonds is 7. The minimum Gasteiger partial charge on any atom is -0.465 e. The van der Waals surface area contributed by atoms with Gasteiger partial charge in [0.2, 0.25) is 5.91 Å². The van der Waals surface area contributed by atoms with Gasteiger partial charge in [0.25, 0.3) is 5.56 Å². The number of aromatic nitrogens is 3. The lowest BCUT2D eigenvalue weighted by molar-refractivity contribution is -0.116. The number of anilines is 1. The van der Waals surface area contributed by atoms with Gasteiger partial charge < -0.3 is 14.8 Å². The first-order valence-electron chi connectivity index (χ1n) is 9.37. The number of aryl methyl sites for hydroxylation is 1. The molecular formula is C21H20N4O6. The van der Waals surface area contributed by atoms with Crippen molar-refractivity contribution in [3.63, 3.8) is 0 Å². The summed E-state index contributed by atoms with van der Waals surface area (Å²) in [5.41, 5.74) is 0.609. The van der Waals surface area contributed by atoms with Crippen LogP contribution in [0, 0.1) is 0 Å². The normalized spacial score (nSPS) is 10.5. The van der Waals surface area contributed by atoms with E-state index in [4.69, 9.17) is 4.74 Å². The lowest BCUT2D eigenvalue weighted by atomic mass is 10.1. The minimum absolute atomic E-state index is 0.0456. The molecule has 3 rings (SSSR count). The predicted octanol–water partition coefficient (Wildman–Crippen LogP) is 1.78. The zero-order valence-electron chi connectivity index (χ0n) is 17.0. The van der Waals surface area contributed by atoms with Crippen molar-refractivity contribution >= 4 is 34.4 Å². The summed E-state index contributed by atoms with van der Waals surface area (Å²) in [7, 11) is 2.44. The Hall–Kier alpha value is -4.08. The lowest BCUT2D eigenvalue weighted by Crippen LogP contribution is -2.25. The highest BCUT2D eigenvalue weighted by Gasteiger charge is 2.17. The van der Waals surface area contributed by atoms with E-state index >= 15 is 0 Å². The zero-order chi connectivity index (χ0) is 22.4. The summed E-state index contributed by atoms with van der Waals surface area (Å²) in [5.74, 6) is -1.68. The van der Waals surface area contributed by atoms with Gasteiger partial charge in [0, 0.05) is 13.0 Å². The Bertz CT molecular complexity index is 1200. The molecule has 0 fully saturated rings. The number of nitrogens with zero attached hydrogens (tertiary/aromatic N) is 3. The maximum absolute atomic E-state index is 12.4. The molecule has 0 saturated carbocycles. The average molecular weight is 424 g/mol. The number of carbonyl (C=O) groups is 3. The molecule has 1 heterocycles. The highest BCUT2D eigenvalue weighted by molar-refractivity contribution is 6.03. The molecule has 0 atom stereocenters. The van der Waals surface area contributed by atoms with Crippen molar-refractivity contribution in [2.24, 2.45) is 0 Å². The number of hydrogen-bond acceptors (Lipinski definition) is 8. The molecule has 10 nitrogen and oxygen atoms in total. The molecule has 0 spiro atoms. The quantitative estimate of drug-likeness (QED) is 0.568. The number of carbonyl (C=O) groups excluding carboxylic acids is 3. The molecule has 160 valence electrons. The fourth-order valence-electron chi connectivity index (χ4n) is 2.95. The summed E-state index contributed by atoms with van der Waals surface area (Å²) in [4.78, 5) is 48.6. The third-order valence-electron chi connectivity index (χ3n) is 4.52. The van der Waals surface area contributed by atoms with E-state index in [-0.39, 0.29) is 35.3 Å². The molecule has 0 aliphatic carbocycles. The second-order valence-electron chi connectivity index (χ2n) is 6.53. The van der Waals surface area contributed by atoms with Crippen molar-refractivity contribution in [3.05, 3.63) is 63.9 Å². The summed E-state index contributed by atoms with van der Waals surface area (Å²) in [6, 6.07) is 11.0. The van der Waals surface area contributed by atoms with Crippen LogP contribution in [0.15, 0.2) is 47.3 Å². The van der Waals surface area contributed by atoms with Crippen molar-refractivity contribution in [2.75, 3.05) is 19.5 Å². The Morgan fingerprint density at radius 3 is 2.52 bits per heavy atom. The average Bonchev–Trinajstić information content (AvgIpc) is 2.79. The van der Waals surface area contributed by atoms with Gasteiger partial charge in [0.05, 0.1) is 36.4 Å². The standard InChI is InChI=1S/C21H20N4O6/c1-30-20(28)13-9-10-15(21(29)31-2)17(12-13)22-18(26)8-5-11-25-19(27)14-6-3-4-7-16(14)23-24-25/h3-4,6-7,9-10,12H,5,8,11H2,1-2H3,(H,22,26). The SMILES string of the molecule is COC(=O)c1ccc(C(=O)OC)c(NC(=O)CCCn2nnc3ccccc3c2=O)c1. The van der Waals surface area contributed by atoms with Crippen LogP contribution in [-0.2, 0) is 20.8 Å². The summed E-state index contributed by atoms with van der Waals surface area (Å²) in [6.45, 7) is 0.191. The Labute approximate surface area is 176 Å². The zero-order valence-corrected chi connectivity index (χ0v) is 17.0. The van der Waals surface area contributed by atoms with Crippen molar-refractivity contribution in [1.82, 2.24) is 15.0 Å². The fraction of sp³-hybridized carbons (Fsp3) is 0.238. The van der Waals surface area contributed by atoms with Crippen LogP contribution < -0.4 is 10.9 Å². The van der Waals surface area contributed by atoms with Gasteiger partial charge in [0.1, 0.15) is 5.52 Å². The second kappa shape index (κ2) is 9.61.